The zero-order valence-electron chi connectivity index (χ0n) is 16.2. The first-order valence-electron chi connectivity index (χ1n) is 9.57. The number of benzene rings is 3. The SMILES string of the molecule is C[C@@H](NC(=O)c1cc(NC(=O)CCCN)ccc1F)c1cccc2ccccc12. The highest BCUT2D eigenvalue weighted by Gasteiger charge is 2.17. The van der Waals surface area contributed by atoms with Crippen LogP contribution < -0.4 is 16.4 Å². The monoisotopic (exact) mass is 393 g/mol. The van der Waals surface area contributed by atoms with Crippen LogP contribution in [0.4, 0.5) is 10.1 Å². The molecule has 0 saturated heterocycles. The average molecular weight is 393 g/mol. The molecule has 1 atom stereocenters. The highest BCUT2D eigenvalue weighted by Crippen LogP contribution is 2.25. The van der Waals surface area contributed by atoms with Gasteiger partial charge in [0.2, 0.25) is 5.91 Å². The number of rotatable bonds is 7. The Morgan fingerprint density at radius 1 is 1.07 bits per heavy atom. The van der Waals surface area contributed by atoms with Crippen LogP contribution >= 0.6 is 0 Å². The Kier molecular flexibility index (Phi) is 6.57. The number of halogens is 1. The quantitative estimate of drug-likeness (QED) is 0.564. The number of carbonyl (C=O) groups is 2. The Hall–Kier alpha value is -3.25. The van der Waals surface area contributed by atoms with E-state index >= 15 is 0 Å². The van der Waals surface area contributed by atoms with Crippen molar-refractivity contribution in [2.75, 3.05) is 11.9 Å². The van der Waals surface area contributed by atoms with Crippen molar-refractivity contribution in [2.24, 2.45) is 5.73 Å². The summed E-state index contributed by atoms with van der Waals surface area (Å²) in [6.45, 7) is 2.27. The average Bonchev–Trinajstić information content (AvgIpc) is 2.73. The van der Waals surface area contributed by atoms with Crippen LogP contribution in [0, 0.1) is 5.82 Å². The summed E-state index contributed by atoms with van der Waals surface area (Å²) in [5.74, 6) is -1.41. The second kappa shape index (κ2) is 9.30. The van der Waals surface area contributed by atoms with E-state index in [4.69, 9.17) is 5.73 Å². The van der Waals surface area contributed by atoms with E-state index in [-0.39, 0.29) is 23.9 Å². The van der Waals surface area contributed by atoms with Crippen molar-refractivity contribution < 1.29 is 14.0 Å². The normalized spacial score (nSPS) is 11.8. The molecule has 0 aromatic heterocycles. The van der Waals surface area contributed by atoms with Gasteiger partial charge in [0.05, 0.1) is 11.6 Å². The summed E-state index contributed by atoms with van der Waals surface area (Å²) in [7, 11) is 0. The number of hydrogen-bond acceptors (Lipinski definition) is 3. The van der Waals surface area contributed by atoms with Crippen LogP contribution in [0.25, 0.3) is 10.8 Å². The van der Waals surface area contributed by atoms with E-state index in [1.165, 1.54) is 18.2 Å². The van der Waals surface area contributed by atoms with E-state index in [2.05, 4.69) is 10.6 Å². The summed E-state index contributed by atoms with van der Waals surface area (Å²) in [5.41, 5.74) is 6.60. The van der Waals surface area contributed by atoms with Gasteiger partial charge in [-0.2, -0.15) is 0 Å². The van der Waals surface area contributed by atoms with Crippen LogP contribution in [0.1, 0.15) is 41.7 Å². The first-order chi connectivity index (χ1) is 14.0. The molecular formula is C23H24FN3O2. The second-order valence-corrected chi connectivity index (χ2v) is 6.90. The Bertz CT molecular complexity index is 1030. The third-order valence-corrected chi connectivity index (χ3v) is 4.74. The molecule has 0 radical (unpaired) electrons. The van der Waals surface area contributed by atoms with Gasteiger partial charge in [0, 0.05) is 12.1 Å². The highest BCUT2D eigenvalue weighted by atomic mass is 19.1. The van der Waals surface area contributed by atoms with Crippen LogP contribution in [0.2, 0.25) is 0 Å². The van der Waals surface area contributed by atoms with Crippen molar-refractivity contribution in [1.82, 2.24) is 5.32 Å². The maximum absolute atomic E-state index is 14.3. The number of anilines is 1. The van der Waals surface area contributed by atoms with Crippen molar-refractivity contribution in [3.63, 3.8) is 0 Å². The molecule has 0 aliphatic rings. The van der Waals surface area contributed by atoms with Crippen molar-refractivity contribution in [3.05, 3.63) is 77.6 Å². The summed E-state index contributed by atoms with van der Waals surface area (Å²) in [6, 6.07) is 17.4. The number of carbonyl (C=O) groups excluding carboxylic acids is 2. The molecule has 5 nitrogen and oxygen atoms in total. The minimum Gasteiger partial charge on any atom is -0.345 e. The lowest BCUT2D eigenvalue weighted by atomic mass is 9.99. The Labute approximate surface area is 169 Å². The Morgan fingerprint density at radius 3 is 2.62 bits per heavy atom. The molecule has 6 heteroatoms. The molecule has 3 aromatic carbocycles. The molecule has 0 heterocycles. The molecule has 0 saturated carbocycles. The molecule has 3 rings (SSSR count). The summed E-state index contributed by atoms with van der Waals surface area (Å²) >= 11 is 0. The lowest BCUT2D eigenvalue weighted by molar-refractivity contribution is -0.116. The molecule has 0 unspecified atom stereocenters. The first kappa shape index (κ1) is 20.5. The predicted octanol–water partition coefficient (Wildman–Crippen LogP) is 4.15. The lowest BCUT2D eigenvalue weighted by Gasteiger charge is -2.17. The zero-order chi connectivity index (χ0) is 20.8. The number of fused-ring (bicyclic) bond motifs is 1. The minimum absolute atomic E-state index is 0.117. The highest BCUT2D eigenvalue weighted by molar-refractivity contribution is 5.98. The fourth-order valence-electron chi connectivity index (χ4n) is 3.24. The van der Waals surface area contributed by atoms with Gasteiger partial charge < -0.3 is 16.4 Å². The fourth-order valence-corrected chi connectivity index (χ4v) is 3.24. The van der Waals surface area contributed by atoms with Crippen molar-refractivity contribution in [1.29, 1.82) is 0 Å². The summed E-state index contributed by atoms with van der Waals surface area (Å²) in [5, 5.41) is 7.62. The maximum atomic E-state index is 14.3. The van der Waals surface area contributed by atoms with Crippen molar-refractivity contribution in [2.45, 2.75) is 25.8 Å². The maximum Gasteiger partial charge on any atom is 0.254 e. The van der Waals surface area contributed by atoms with Crippen molar-refractivity contribution >= 4 is 28.3 Å². The molecule has 2 amide bonds. The van der Waals surface area contributed by atoms with Gasteiger partial charge in [-0.1, -0.05) is 42.5 Å². The minimum atomic E-state index is -0.646. The molecular weight excluding hydrogens is 369 g/mol. The Morgan fingerprint density at radius 2 is 1.83 bits per heavy atom. The van der Waals surface area contributed by atoms with E-state index in [1.807, 2.05) is 49.4 Å². The standard InChI is InChI=1S/C23H24FN3O2/c1-15(18-9-4-7-16-6-2-3-8-19(16)18)26-23(29)20-14-17(11-12-21(20)24)27-22(28)10-5-13-25/h2-4,6-9,11-12,14-15H,5,10,13,25H2,1H3,(H,26,29)(H,27,28)/t15-/m1/s1. The van der Waals surface area contributed by atoms with Crippen LogP contribution in [0.15, 0.2) is 60.7 Å². The van der Waals surface area contributed by atoms with Gasteiger partial charge in [-0.25, -0.2) is 4.39 Å². The fraction of sp³-hybridized carbons (Fsp3) is 0.217. The van der Waals surface area contributed by atoms with Gasteiger partial charge in [0.25, 0.3) is 5.91 Å². The second-order valence-electron chi connectivity index (χ2n) is 6.90. The van der Waals surface area contributed by atoms with Gasteiger partial charge in [0.1, 0.15) is 5.82 Å². The lowest BCUT2D eigenvalue weighted by Crippen LogP contribution is -2.27. The number of nitrogens with one attached hydrogen (secondary N) is 2. The molecule has 0 aliphatic heterocycles. The summed E-state index contributed by atoms with van der Waals surface area (Å²) in [4.78, 5) is 24.6. The van der Waals surface area contributed by atoms with Crippen LogP contribution in [-0.4, -0.2) is 18.4 Å². The smallest absolute Gasteiger partial charge is 0.254 e. The van der Waals surface area contributed by atoms with E-state index < -0.39 is 11.7 Å². The molecule has 4 N–H and O–H groups in total. The predicted molar refractivity (Wildman–Crippen MR) is 113 cm³/mol. The molecule has 0 spiro atoms. The molecule has 0 bridgehead atoms. The zero-order valence-corrected chi connectivity index (χ0v) is 16.2. The van der Waals surface area contributed by atoms with Crippen LogP contribution in [-0.2, 0) is 4.79 Å². The Balaban J connectivity index is 1.77. The van der Waals surface area contributed by atoms with E-state index in [0.717, 1.165) is 16.3 Å². The number of nitrogens with two attached hydrogens (primary N) is 1. The third kappa shape index (κ3) is 4.97. The van der Waals surface area contributed by atoms with Crippen molar-refractivity contribution in [3.8, 4) is 0 Å². The number of hydrogen-bond donors (Lipinski definition) is 3. The van der Waals surface area contributed by atoms with E-state index in [9.17, 15) is 14.0 Å². The summed E-state index contributed by atoms with van der Waals surface area (Å²) in [6.07, 6.45) is 0.830. The topological polar surface area (TPSA) is 84.2 Å². The van der Waals surface area contributed by atoms with Crippen LogP contribution in [0.3, 0.4) is 0 Å². The van der Waals surface area contributed by atoms with Gasteiger partial charge in [-0.05, 0) is 54.4 Å². The molecule has 0 aliphatic carbocycles. The number of amides is 2. The van der Waals surface area contributed by atoms with E-state index in [0.29, 0.717) is 18.7 Å². The first-order valence-corrected chi connectivity index (χ1v) is 9.57. The van der Waals surface area contributed by atoms with Gasteiger partial charge >= 0.3 is 0 Å². The largest absolute Gasteiger partial charge is 0.345 e. The van der Waals surface area contributed by atoms with Gasteiger partial charge in [0.15, 0.2) is 0 Å². The molecule has 3 aromatic rings. The molecule has 29 heavy (non-hydrogen) atoms. The van der Waals surface area contributed by atoms with Gasteiger partial charge in [-0.3, -0.25) is 9.59 Å². The molecule has 0 fully saturated rings. The third-order valence-electron chi connectivity index (χ3n) is 4.74. The summed E-state index contributed by atoms with van der Waals surface area (Å²) < 4.78 is 14.3. The van der Waals surface area contributed by atoms with E-state index in [1.54, 1.807) is 0 Å². The van der Waals surface area contributed by atoms with Gasteiger partial charge in [-0.15, -0.1) is 0 Å². The van der Waals surface area contributed by atoms with Crippen LogP contribution in [0.5, 0.6) is 0 Å². The molecule has 150 valence electrons.